The molecule has 5 heteroatoms. The standard InChI is InChI=1S/C14H19N3O2/c18-9-16-11-7-13(10-1-2-10)14(15-8-11)17-5-3-12(19)4-6-17/h7-10,12,19H,1-6H2,(H,16,18). The first-order valence-corrected chi connectivity index (χ1v) is 6.91. The number of carbonyl (C=O) groups excluding carboxylic acids is 1. The molecule has 1 aromatic rings. The molecule has 1 aliphatic carbocycles. The molecule has 1 saturated heterocycles. The third kappa shape index (κ3) is 2.71. The van der Waals surface area contributed by atoms with E-state index < -0.39 is 0 Å². The molecule has 0 radical (unpaired) electrons. The van der Waals surface area contributed by atoms with Crippen LogP contribution in [0.1, 0.15) is 37.2 Å². The lowest BCUT2D eigenvalue weighted by atomic mass is 10.1. The maximum absolute atomic E-state index is 10.5. The fourth-order valence-electron chi connectivity index (χ4n) is 2.66. The average molecular weight is 261 g/mol. The summed E-state index contributed by atoms with van der Waals surface area (Å²) < 4.78 is 0. The predicted molar refractivity (Wildman–Crippen MR) is 73.4 cm³/mol. The molecule has 0 unspecified atom stereocenters. The van der Waals surface area contributed by atoms with Gasteiger partial charge in [-0.05, 0) is 43.2 Å². The number of pyridine rings is 1. The van der Waals surface area contributed by atoms with Crippen LogP contribution >= 0.6 is 0 Å². The summed E-state index contributed by atoms with van der Waals surface area (Å²) in [6, 6.07) is 2.04. The normalized spacial score (nSPS) is 20.4. The van der Waals surface area contributed by atoms with Gasteiger partial charge in [0.1, 0.15) is 5.82 Å². The highest BCUT2D eigenvalue weighted by Gasteiger charge is 2.30. The Morgan fingerprint density at radius 2 is 2.05 bits per heavy atom. The second-order valence-corrected chi connectivity index (χ2v) is 5.39. The van der Waals surface area contributed by atoms with Gasteiger partial charge in [-0.3, -0.25) is 4.79 Å². The highest BCUT2D eigenvalue weighted by molar-refractivity contribution is 5.72. The Hall–Kier alpha value is -1.62. The van der Waals surface area contributed by atoms with Crippen LogP contribution in [0.25, 0.3) is 0 Å². The van der Waals surface area contributed by atoms with E-state index in [2.05, 4.69) is 15.2 Å². The van der Waals surface area contributed by atoms with E-state index >= 15 is 0 Å². The van der Waals surface area contributed by atoms with Crippen LogP contribution in [0.2, 0.25) is 0 Å². The summed E-state index contributed by atoms with van der Waals surface area (Å²) >= 11 is 0. The van der Waals surface area contributed by atoms with Gasteiger partial charge in [0, 0.05) is 13.1 Å². The molecule has 0 spiro atoms. The van der Waals surface area contributed by atoms with Crippen LogP contribution in [0.15, 0.2) is 12.3 Å². The lowest BCUT2D eigenvalue weighted by Crippen LogP contribution is -2.36. The lowest BCUT2D eigenvalue weighted by molar-refractivity contribution is -0.105. The lowest BCUT2D eigenvalue weighted by Gasteiger charge is -2.32. The van der Waals surface area contributed by atoms with Crippen molar-refractivity contribution in [2.75, 3.05) is 23.3 Å². The van der Waals surface area contributed by atoms with Gasteiger partial charge < -0.3 is 15.3 Å². The number of nitrogens with zero attached hydrogens (tertiary/aromatic N) is 2. The van der Waals surface area contributed by atoms with Crippen molar-refractivity contribution in [2.24, 2.45) is 0 Å². The van der Waals surface area contributed by atoms with Crippen molar-refractivity contribution >= 4 is 17.9 Å². The molecule has 3 rings (SSSR count). The number of hydrogen-bond donors (Lipinski definition) is 2. The number of carbonyl (C=O) groups is 1. The van der Waals surface area contributed by atoms with Crippen LogP contribution in [0, 0.1) is 0 Å². The van der Waals surface area contributed by atoms with Crippen molar-refractivity contribution in [3.8, 4) is 0 Å². The smallest absolute Gasteiger partial charge is 0.211 e. The SMILES string of the molecule is O=CNc1cnc(N2CCC(O)CC2)c(C2CC2)c1. The van der Waals surface area contributed by atoms with Crippen molar-refractivity contribution in [3.05, 3.63) is 17.8 Å². The number of aliphatic hydroxyl groups excluding tert-OH is 1. The summed E-state index contributed by atoms with van der Waals surface area (Å²) in [4.78, 5) is 17.3. The minimum absolute atomic E-state index is 0.170. The highest BCUT2D eigenvalue weighted by atomic mass is 16.3. The summed E-state index contributed by atoms with van der Waals surface area (Å²) in [7, 11) is 0. The van der Waals surface area contributed by atoms with E-state index in [1.165, 1.54) is 18.4 Å². The molecular formula is C14H19N3O2. The number of nitrogens with one attached hydrogen (secondary N) is 1. The van der Waals surface area contributed by atoms with Crippen molar-refractivity contribution in [1.29, 1.82) is 0 Å². The molecule has 0 bridgehead atoms. The maximum atomic E-state index is 10.5. The van der Waals surface area contributed by atoms with Crippen LogP contribution in [-0.2, 0) is 4.79 Å². The van der Waals surface area contributed by atoms with E-state index in [0.717, 1.165) is 37.4 Å². The van der Waals surface area contributed by atoms with E-state index in [1.807, 2.05) is 6.07 Å². The first-order chi connectivity index (χ1) is 9.28. The molecular weight excluding hydrogens is 242 g/mol. The summed E-state index contributed by atoms with van der Waals surface area (Å²) in [5.74, 6) is 1.62. The third-order valence-electron chi connectivity index (χ3n) is 3.90. The molecule has 1 amide bonds. The van der Waals surface area contributed by atoms with Crippen LogP contribution < -0.4 is 10.2 Å². The number of anilines is 2. The minimum Gasteiger partial charge on any atom is -0.393 e. The van der Waals surface area contributed by atoms with Gasteiger partial charge in [-0.25, -0.2) is 4.98 Å². The van der Waals surface area contributed by atoms with Crippen LogP contribution in [-0.4, -0.2) is 35.7 Å². The zero-order chi connectivity index (χ0) is 13.2. The number of rotatable bonds is 4. The van der Waals surface area contributed by atoms with Crippen molar-refractivity contribution in [1.82, 2.24) is 4.98 Å². The topological polar surface area (TPSA) is 65.5 Å². The van der Waals surface area contributed by atoms with E-state index in [-0.39, 0.29) is 6.10 Å². The fourth-order valence-corrected chi connectivity index (χ4v) is 2.66. The van der Waals surface area contributed by atoms with Gasteiger partial charge in [0.2, 0.25) is 6.41 Å². The van der Waals surface area contributed by atoms with Crippen molar-refractivity contribution in [3.63, 3.8) is 0 Å². The minimum atomic E-state index is -0.170. The second kappa shape index (κ2) is 5.17. The Morgan fingerprint density at radius 3 is 2.68 bits per heavy atom. The summed E-state index contributed by atoms with van der Waals surface area (Å²) in [6.07, 6.45) is 6.24. The van der Waals surface area contributed by atoms with Gasteiger partial charge in [0.15, 0.2) is 0 Å². The Balaban J connectivity index is 1.85. The highest BCUT2D eigenvalue weighted by Crippen LogP contribution is 2.44. The number of amides is 1. The summed E-state index contributed by atoms with van der Waals surface area (Å²) in [5, 5.41) is 12.2. The van der Waals surface area contributed by atoms with Gasteiger partial charge in [0.25, 0.3) is 0 Å². The largest absolute Gasteiger partial charge is 0.393 e. The van der Waals surface area contributed by atoms with Gasteiger partial charge >= 0.3 is 0 Å². The molecule has 1 saturated carbocycles. The van der Waals surface area contributed by atoms with Crippen molar-refractivity contribution < 1.29 is 9.90 Å². The van der Waals surface area contributed by atoms with E-state index in [1.54, 1.807) is 6.20 Å². The molecule has 102 valence electrons. The Bertz CT molecular complexity index is 466. The zero-order valence-corrected chi connectivity index (χ0v) is 10.9. The molecule has 2 heterocycles. The number of hydrogen-bond acceptors (Lipinski definition) is 4. The van der Waals surface area contributed by atoms with Crippen LogP contribution in [0.5, 0.6) is 0 Å². The summed E-state index contributed by atoms with van der Waals surface area (Å²) in [5.41, 5.74) is 2.00. The Kier molecular flexibility index (Phi) is 3.38. The first-order valence-electron chi connectivity index (χ1n) is 6.91. The van der Waals surface area contributed by atoms with E-state index in [0.29, 0.717) is 12.3 Å². The molecule has 0 aromatic carbocycles. The quantitative estimate of drug-likeness (QED) is 0.806. The first kappa shape index (κ1) is 12.4. The van der Waals surface area contributed by atoms with Gasteiger partial charge in [0.05, 0.1) is 18.0 Å². The van der Waals surface area contributed by atoms with Crippen LogP contribution in [0.3, 0.4) is 0 Å². The fraction of sp³-hybridized carbons (Fsp3) is 0.571. The maximum Gasteiger partial charge on any atom is 0.211 e. The van der Waals surface area contributed by atoms with Gasteiger partial charge in [-0.15, -0.1) is 0 Å². The van der Waals surface area contributed by atoms with Crippen molar-refractivity contribution in [2.45, 2.75) is 37.7 Å². The second-order valence-electron chi connectivity index (χ2n) is 5.39. The van der Waals surface area contributed by atoms with E-state index in [9.17, 15) is 9.90 Å². The zero-order valence-electron chi connectivity index (χ0n) is 10.9. The third-order valence-corrected chi connectivity index (χ3v) is 3.90. The number of aromatic nitrogens is 1. The number of aliphatic hydroxyl groups is 1. The molecule has 2 aliphatic rings. The molecule has 19 heavy (non-hydrogen) atoms. The predicted octanol–water partition coefficient (Wildman–Crippen LogP) is 1.49. The number of piperidine rings is 1. The van der Waals surface area contributed by atoms with Gasteiger partial charge in [-0.1, -0.05) is 0 Å². The Morgan fingerprint density at radius 1 is 1.32 bits per heavy atom. The van der Waals surface area contributed by atoms with Crippen LogP contribution in [0.4, 0.5) is 11.5 Å². The molecule has 2 N–H and O–H groups in total. The summed E-state index contributed by atoms with van der Waals surface area (Å²) in [6.45, 7) is 1.71. The van der Waals surface area contributed by atoms with E-state index in [4.69, 9.17) is 0 Å². The monoisotopic (exact) mass is 261 g/mol. The molecule has 2 fully saturated rings. The van der Waals surface area contributed by atoms with Gasteiger partial charge in [-0.2, -0.15) is 0 Å². The molecule has 0 atom stereocenters. The molecule has 5 nitrogen and oxygen atoms in total. The average Bonchev–Trinajstić information content (AvgIpc) is 3.25. The molecule has 1 aromatic heterocycles. The Labute approximate surface area is 112 Å². The molecule has 1 aliphatic heterocycles.